The molecule has 0 spiro atoms. The van der Waals surface area contributed by atoms with Gasteiger partial charge in [0.15, 0.2) is 0 Å². The Morgan fingerprint density at radius 1 is 1.27 bits per heavy atom. The average Bonchev–Trinajstić information content (AvgIpc) is 2.96. The second kappa shape index (κ2) is 7.94. The van der Waals surface area contributed by atoms with Gasteiger partial charge in [0.05, 0.1) is 11.0 Å². The summed E-state index contributed by atoms with van der Waals surface area (Å²) in [6.07, 6.45) is 5.51. The van der Waals surface area contributed by atoms with Gasteiger partial charge in [-0.15, -0.1) is 0 Å². The normalized spacial score (nSPS) is 16.1. The molecule has 22 heavy (non-hydrogen) atoms. The number of sulfonamides is 1. The second-order valence-corrected chi connectivity index (χ2v) is 7.43. The molecule has 1 N–H and O–H groups in total. The van der Waals surface area contributed by atoms with Crippen molar-refractivity contribution in [2.45, 2.75) is 50.0 Å². The topological polar surface area (TPSA) is 64.6 Å². The summed E-state index contributed by atoms with van der Waals surface area (Å²) in [5, 5.41) is 0. The standard InChI is InChI=1S/C16H25NO4S/c1-13-12-15(21-14-6-3-4-7-14)8-9-16(13)22(18,19)17-10-5-11-20-2/h8-9,12,14,17H,3-7,10-11H2,1-2H3. The summed E-state index contributed by atoms with van der Waals surface area (Å²) >= 11 is 0. The lowest BCUT2D eigenvalue weighted by Crippen LogP contribution is -2.26. The van der Waals surface area contributed by atoms with Crippen molar-refractivity contribution in [1.82, 2.24) is 4.72 Å². The van der Waals surface area contributed by atoms with Crippen molar-refractivity contribution >= 4 is 10.0 Å². The van der Waals surface area contributed by atoms with Crippen molar-refractivity contribution in [2.24, 2.45) is 0 Å². The lowest BCUT2D eigenvalue weighted by atomic mass is 10.2. The van der Waals surface area contributed by atoms with Crippen LogP contribution in [0.5, 0.6) is 5.75 Å². The van der Waals surface area contributed by atoms with Crippen LogP contribution in [0.4, 0.5) is 0 Å². The fraction of sp³-hybridized carbons (Fsp3) is 0.625. The molecule has 1 aliphatic rings. The number of nitrogens with one attached hydrogen (secondary N) is 1. The fourth-order valence-electron chi connectivity index (χ4n) is 2.70. The molecule has 6 heteroatoms. The summed E-state index contributed by atoms with van der Waals surface area (Å²) in [6, 6.07) is 5.18. The van der Waals surface area contributed by atoms with E-state index in [2.05, 4.69) is 4.72 Å². The molecule has 0 aliphatic heterocycles. The highest BCUT2D eigenvalue weighted by Crippen LogP contribution is 2.26. The molecule has 5 nitrogen and oxygen atoms in total. The Labute approximate surface area is 133 Å². The Kier molecular flexibility index (Phi) is 6.23. The summed E-state index contributed by atoms with van der Waals surface area (Å²) in [7, 11) is -1.88. The van der Waals surface area contributed by atoms with Gasteiger partial charge in [0.25, 0.3) is 0 Å². The third-order valence-electron chi connectivity index (χ3n) is 3.86. The summed E-state index contributed by atoms with van der Waals surface area (Å²) in [6.45, 7) is 2.71. The Morgan fingerprint density at radius 2 is 2.00 bits per heavy atom. The zero-order valence-corrected chi connectivity index (χ0v) is 14.1. The maximum absolute atomic E-state index is 12.3. The van der Waals surface area contributed by atoms with Gasteiger partial charge in [-0.2, -0.15) is 0 Å². The van der Waals surface area contributed by atoms with E-state index in [0.717, 1.165) is 18.6 Å². The van der Waals surface area contributed by atoms with Crippen molar-refractivity contribution in [1.29, 1.82) is 0 Å². The first-order valence-electron chi connectivity index (χ1n) is 7.79. The molecule has 2 rings (SSSR count). The van der Waals surface area contributed by atoms with E-state index in [4.69, 9.17) is 9.47 Å². The van der Waals surface area contributed by atoms with Crippen molar-refractivity contribution < 1.29 is 17.9 Å². The molecule has 1 fully saturated rings. The Hall–Kier alpha value is -1.11. The van der Waals surface area contributed by atoms with Crippen molar-refractivity contribution in [2.75, 3.05) is 20.3 Å². The van der Waals surface area contributed by atoms with Crippen molar-refractivity contribution in [3.63, 3.8) is 0 Å². The number of aryl methyl sites for hydroxylation is 1. The largest absolute Gasteiger partial charge is 0.490 e. The third-order valence-corrected chi connectivity index (χ3v) is 5.48. The highest BCUT2D eigenvalue weighted by atomic mass is 32.2. The fourth-order valence-corrected chi connectivity index (χ4v) is 3.99. The van der Waals surface area contributed by atoms with Gasteiger partial charge in [-0.1, -0.05) is 0 Å². The summed E-state index contributed by atoms with van der Waals surface area (Å²) in [5.41, 5.74) is 0.703. The highest BCUT2D eigenvalue weighted by molar-refractivity contribution is 7.89. The molecule has 0 unspecified atom stereocenters. The van der Waals surface area contributed by atoms with E-state index in [-0.39, 0.29) is 6.10 Å². The van der Waals surface area contributed by atoms with Gasteiger partial charge in [0, 0.05) is 20.3 Å². The van der Waals surface area contributed by atoms with Crippen LogP contribution in [0, 0.1) is 6.92 Å². The van der Waals surface area contributed by atoms with Crippen LogP contribution in [-0.4, -0.2) is 34.8 Å². The van der Waals surface area contributed by atoms with Gasteiger partial charge in [0.1, 0.15) is 5.75 Å². The Bertz CT molecular complexity index is 580. The SMILES string of the molecule is COCCCNS(=O)(=O)c1ccc(OC2CCCC2)cc1C. The molecule has 0 bridgehead atoms. The van der Waals surface area contributed by atoms with Gasteiger partial charge in [0.2, 0.25) is 10.0 Å². The zero-order valence-electron chi connectivity index (χ0n) is 13.3. The highest BCUT2D eigenvalue weighted by Gasteiger charge is 2.19. The molecule has 1 aromatic rings. The summed E-state index contributed by atoms with van der Waals surface area (Å²) < 4.78 is 38.0. The maximum Gasteiger partial charge on any atom is 0.240 e. The van der Waals surface area contributed by atoms with Gasteiger partial charge in [-0.05, 0) is 62.8 Å². The minimum Gasteiger partial charge on any atom is -0.490 e. The minimum atomic E-state index is -3.48. The molecular formula is C16H25NO4S. The smallest absolute Gasteiger partial charge is 0.240 e. The predicted molar refractivity (Wildman–Crippen MR) is 85.7 cm³/mol. The first-order chi connectivity index (χ1) is 10.5. The van der Waals surface area contributed by atoms with Gasteiger partial charge in [-0.25, -0.2) is 13.1 Å². The average molecular weight is 327 g/mol. The van der Waals surface area contributed by atoms with Crippen molar-refractivity contribution in [3.8, 4) is 5.75 Å². The molecule has 0 radical (unpaired) electrons. The lowest BCUT2D eigenvalue weighted by molar-refractivity contribution is 0.196. The van der Waals surface area contributed by atoms with Crippen LogP contribution in [-0.2, 0) is 14.8 Å². The van der Waals surface area contributed by atoms with Crippen LogP contribution in [0.2, 0.25) is 0 Å². The van der Waals surface area contributed by atoms with E-state index in [9.17, 15) is 8.42 Å². The maximum atomic E-state index is 12.3. The Morgan fingerprint density at radius 3 is 2.64 bits per heavy atom. The van der Waals surface area contributed by atoms with E-state index >= 15 is 0 Å². The van der Waals surface area contributed by atoms with Gasteiger partial charge in [-0.3, -0.25) is 0 Å². The van der Waals surface area contributed by atoms with Crippen molar-refractivity contribution in [3.05, 3.63) is 23.8 Å². The van der Waals surface area contributed by atoms with E-state index in [1.165, 1.54) is 12.8 Å². The van der Waals surface area contributed by atoms with E-state index in [1.54, 1.807) is 26.2 Å². The summed E-state index contributed by atoms with van der Waals surface area (Å²) in [5.74, 6) is 0.753. The monoisotopic (exact) mass is 327 g/mol. The van der Waals surface area contributed by atoms with Crippen LogP contribution in [0.1, 0.15) is 37.7 Å². The number of ether oxygens (including phenoxy) is 2. The van der Waals surface area contributed by atoms with Crippen LogP contribution < -0.4 is 9.46 Å². The number of hydrogen-bond donors (Lipinski definition) is 1. The van der Waals surface area contributed by atoms with E-state index < -0.39 is 10.0 Å². The molecule has 0 atom stereocenters. The quantitative estimate of drug-likeness (QED) is 0.746. The molecule has 0 saturated heterocycles. The molecular weight excluding hydrogens is 302 g/mol. The molecule has 0 aromatic heterocycles. The van der Waals surface area contributed by atoms with Crippen LogP contribution in [0.15, 0.2) is 23.1 Å². The molecule has 1 aromatic carbocycles. The molecule has 1 aliphatic carbocycles. The molecule has 0 heterocycles. The van der Waals surface area contributed by atoms with Gasteiger partial charge >= 0.3 is 0 Å². The molecule has 0 amide bonds. The first kappa shape index (κ1) is 17.2. The lowest BCUT2D eigenvalue weighted by Gasteiger charge is -2.15. The molecule has 1 saturated carbocycles. The molecule has 124 valence electrons. The second-order valence-electron chi connectivity index (χ2n) is 5.70. The van der Waals surface area contributed by atoms with E-state index in [1.807, 2.05) is 6.07 Å². The first-order valence-corrected chi connectivity index (χ1v) is 9.27. The zero-order chi connectivity index (χ0) is 16.0. The minimum absolute atomic E-state index is 0.272. The van der Waals surface area contributed by atoms with E-state index in [0.29, 0.717) is 30.0 Å². The number of benzene rings is 1. The number of rotatable bonds is 8. The summed E-state index contributed by atoms with van der Waals surface area (Å²) in [4.78, 5) is 0.309. The van der Waals surface area contributed by atoms with Crippen LogP contribution in [0.25, 0.3) is 0 Å². The number of hydrogen-bond acceptors (Lipinski definition) is 4. The predicted octanol–water partition coefficient (Wildman–Crippen LogP) is 2.63. The Balaban J connectivity index is 2.01. The van der Waals surface area contributed by atoms with Crippen LogP contribution in [0.3, 0.4) is 0 Å². The third kappa shape index (κ3) is 4.69. The number of methoxy groups -OCH3 is 1. The van der Waals surface area contributed by atoms with Crippen LogP contribution >= 0.6 is 0 Å². The van der Waals surface area contributed by atoms with Gasteiger partial charge < -0.3 is 9.47 Å².